The van der Waals surface area contributed by atoms with Crippen molar-refractivity contribution >= 4 is 11.5 Å². The van der Waals surface area contributed by atoms with Crippen molar-refractivity contribution in [2.75, 3.05) is 37.9 Å². The lowest BCUT2D eigenvalue weighted by molar-refractivity contribution is 0.197. The van der Waals surface area contributed by atoms with Gasteiger partial charge in [-0.25, -0.2) is 4.98 Å². The van der Waals surface area contributed by atoms with Crippen molar-refractivity contribution < 1.29 is 9.47 Å². The molecule has 1 rings (SSSR count). The van der Waals surface area contributed by atoms with Gasteiger partial charge in [-0.3, -0.25) is 0 Å². The minimum absolute atomic E-state index is 0.480. The molecule has 0 aliphatic carbocycles. The van der Waals surface area contributed by atoms with Gasteiger partial charge >= 0.3 is 0 Å². The van der Waals surface area contributed by atoms with Gasteiger partial charge in [-0.1, -0.05) is 20.8 Å². The smallest absolute Gasteiger partial charge is 0.242 e. The molecular formula is C15H28N4O2. The molecule has 3 N–H and O–H groups in total. The lowest BCUT2D eigenvalue weighted by Crippen LogP contribution is -2.13. The zero-order valence-corrected chi connectivity index (χ0v) is 13.6. The summed E-state index contributed by atoms with van der Waals surface area (Å²) in [6, 6.07) is 0. The number of hydrogen-bond donors (Lipinski definition) is 2. The highest BCUT2D eigenvalue weighted by Gasteiger charge is 2.13. The summed E-state index contributed by atoms with van der Waals surface area (Å²) in [4.78, 5) is 8.94. The molecule has 0 spiro atoms. The number of nitrogen functional groups attached to an aromatic ring is 1. The molecule has 0 amide bonds. The van der Waals surface area contributed by atoms with Crippen LogP contribution in [0.5, 0.6) is 5.88 Å². The molecule has 1 aromatic heterocycles. The van der Waals surface area contributed by atoms with E-state index in [1.807, 2.05) is 0 Å². The summed E-state index contributed by atoms with van der Waals surface area (Å²) in [7, 11) is 1.69. The van der Waals surface area contributed by atoms with Gasteiger partial charge in [0.25, 0.3) is 0 Å². The second-order valence-corrected chi connectivity index (χ2v) is 5.43. The second-order valence-electron chi connectivity index (χ2n) is 5.43. The number of nitrogens with zero attached hydrogens (tertiary/aromatic N) is 2. The number of methoxy groups -OCH3 is 1. The Hall–Kier alpha value is -1.56. The van der Waals surface area contributed by atoms with Crippen LogP contribution < -0.4 is 15.8 Å². The van der Waals surface area contributed by atoms with Crippen molar-refractivity contribution in [3.63, 3.8) is 0 Å². The Labute approximate surface area is 127 Å². The predicted molar refractivity (Wildman–Crippen MR) is 85.8 cm³/mol. The fourth-order valence-electron chi connectivity index (χ4n) is 1.82. The second kappa shape index (κ2) is 9.39. The number of rotatable bonds is 10. The van der Waals surface area contributed by atoms with Crippen molar-refractivity contribution in [3.8, 4) is 5.88 Å². The van der Waals surface area contributed by atoms with Crippen LogP contribution in [0.1, 0.15) is 39.4 Å². The number of nitrogens with two attached hydrogens (primary N) is 1. The highest BCUT2D eigenvalue weighted by atomic mass is 16.5. The van der Waals surface area contributed by atoms with Gasteiger partial charge in [-0.15, -0.1) is 0 Å². The van der Waals surface area contributed by atoms with Crippen molar-refractivity contribution in [1.82, 2.24) is 9.97 Å². The van der Waals surface area contributed by atoms with Gasteiger partial charge < -0.3 is 20.5 Å². The van der Waals surface area contributed by atoms with Crippen molar-refractivity contribution in [2.24, 2.45) is 5.92 Å². The van der Waals surface area contributed by atoms with Crippen LogP contribution in [0.3, 0.4) is 0 Å². The van der Waals surface area contributed by atoms with E-state index in [2.05, 4.69) is 36.1 Å². The molecule has 1 heterocycles. The summed E-state index contributed by atoms with van der Waals surface area (Å²) in [6.07, 6.45) is 2.61. The van der Waals surface area contributed by atoms with Crippen molar-refractivity contribution in [1.29, 1.82) is 0 Å². The van der Waals surface area contributed by atoms with Crippen LogP contribution in [0.4, 0.5) is 11.5 Å². The summed E-state index contributed by atoms with van der Waals surface area (Å²) in [5.41, 5.74) is 6.57. The van der Waals surface area contributed by atoms with E-state index in [-0.39, 0.29) is 0 Å². The van der Waals surface area contributed by atoms with Crippen LogP contribution in [0.15, 0.2) is 0 Å². The Bertz CT molecular complexity index is 424. The first-order chi connectivity index (χ1) is 10.1. The lowest BCUT2D eigenvalue weighted by atomic mass is 10.1. The average Bonchev–Trinajstić information content (AvgIpc) is 2.44. The van der Waals surface area contributed by atoms with Crippen molar-refractivity contribution in [3.05, 3.63) is 5.82 Å². The molecule has 6 nitrogen and oxygen atoms in total. The summed E-state index contributed by atoms with van der Waals surface area (Å²) in [5, 5.41) is 3.24. The molecule has 6 heteroatoms. The quantitative estimate of drug-likeness (QED) is 0.646. The normalized spacial score (nSPS) is 10.9. The van der Waals surface area contributed by atoms with Gasteiger partial charge in [0.05, 0.1) is 6.61 Å². The highest BCUT2D eigenvalue weighted by molar-refractivity contribution is 5.66. The predicted octanol–water partition coefficient (Wildman–Crippen LogP) is 2.49. The van der Waals surface area contributed by atoms with Gasteiger partial charge in [0, 0.05) is 26.7 Å². The van der Waals surface area contributed by atoms with E-state index in [1.165, 1.54) is 0 Å². The monoisotopic (exact) mass is 296 g/mol. The fourth-order valence-corrected chi connectivity index (χ4v) is 1.82. The van der Waals surface area contributed by atoms with E-state index in [4.69, 9.17) is 15.2 Å². The number of nitrogens with one attached hydrogen (secondary N) is 1. The van der Waals surface area contributed by atoms with Gasteiger partial charge in [0.15, 0.2) is 5.82 Å². The number of hydrogen-bond acceptors (Lipinski definition) is 6. The zero-order valence-electron chi connectivity index (χ0n) is 13.6. The summed E-state index contributed by atoms with van der Waals surface area (Å²) in [5.74, 6) is 2.38. The molecule has 0 bridgehead atoms. The standard InChI is InChI=1S/C15H28N4O2/c1-5-8-21-15-13(16)14(17-7-6-9-20-4)18-12(19-15)10-11(2)3/h11H,5-10,16H2,1-4H3,(H,17,18,19). The molecule has 1 aromatic rings. The Morgan fingerprint density at radius 3 is 2.62 bits per heavy atom. The fraction of sp³-hybridized carbons (Fsp3) is 0.733. The number of aromatic nitrogens is 2. The maximum atomic E-state index is 6.09. The van der Waals surface area contributed by atoms with Gasteiger partial charge in [-0.05, 0) is 18.8 Å². The van der Waals surface area contributed by atoms with E-state index in [0.717, 1.165) is 31.6 Å². The first-order valence-corrected chi connectivity index (χ1v) is 7.60. The molecule has 0 saturated heterocycles. The molecular weight excluding hydrogens is 268 g/mol. The van der Waals surface area contributed by atoms with Crippen LogP contribution in [-0.2, 0) is 11.2 Å². The van der Waals surface area contributed by atoms with Crippen LogP contribution in [0, 0.1) is 5.92 Å². The Kier molecular flexibility index (Phi) is 7.82. The molecule has 0 saturated carbocycles. The van der Waals surface area contributed by atoms with Gasteiger partial charge in [0.1, 0.15) is 11.5 Å². The molecule has 0 unspecified atom stereocenters. The largest absolute Gasteiger partial charge is 0.476 e. The molecule has 0 aliphatic rings. The summed E-state index contributed by atoms with van der Waals surface area (Å²) < 4.78 is 10.7. The highest BCUT2D eigenvalue weighted by Crippen LogP contribution is 2.27. The number of ether oxygens (including phenoxy) is 2. The average molecular weight is 296 g/mol. The van der Waals surface area contributed by atoms with Crippen LogP contribution in [-0.4, -0.2) is 36.8 Å². The molecule has 21 heavy (non-hydrogen) atoms. The van der Waals surface area contributed by atoms with E-state index in [9.17, 15) is 0 Å². The molecule has 0 aromatic carbocycles. The minimum atomic E-state index is 0.480. The summed E-state index contributed by atoms with van der Waals surface area (Å²) >= 11 is 0. The molecule has 0 radical (unpaired) electrons. The Morgan fingerprint density at radius 1 is 1.24 bits per heavy atom. The number of anilines is 2. The van der Waals surface area contributed by atoms with E-state index < -0.39 is 0 Å². The van der Waals surface area contributed by atoms with Crippen LogP contribution in [0.25, 0.3) is 0 Å². The SMILES string of the molecule is CCCOc1nc(CC(C)C)nc(NCCCOC)c1N. The first kappa shape index (κ1) is 17.5. The lowest BCUT2D eigenvalue weighted by Gasteiger charge is -2.14. The van der Waals surface area contributed by atoms with E-state index in [1.54, 1.807) is 7.11 Å². The zero-order chi connectivity index (χ0) is 15.7. The molecule has 120 valence electrons. The van der Waals surface area contributed by atoms with E-state index in [0.29, 0.717) is 36.5 Å². The maximum Gasteiger partial charge on any atom is 0.242 e. The topological polar surface area (TPSA) is 82.3 Å². The third-order valence-corrected chi connectivity index (χ3v) is 2.81. The third kappa shape index (κ3) is 6.16. The minimum Gasteiger partial charge on any atom is -0.476 e. The molecule has 0 atom stereocenters. The van der Waals surface area contributed by atoms with Crippen LogP contribution in [0.2, 0.25) is 0 Å². The van der Waals surface area contributed by atoms with Crippen molar-refractivity contribution in [2.45, 2.75) is 40.0 Å². The first-order valence-electron chi connectivity index (χ1n) is 7.60. The molecule has 0 aliphatic heterocycles. The van der Waals surface area contributed by atoms with E-state index >= 15 is 0 Å². The Morgan fingerprint density at radius 2 is 2.00 bits per heavy atom. The third-order valence-electron chi connectivity index (χ3n) is 2.81. The summed E-state index contributed by atoms with van der Waals surface area (Å²) in [6.45, 7) is 8.39. The van der Waals surface area contributed by atoms with Crippen LogP contribution >= 0.6 is 0 Å². The maximum absolute atomic E-state index is 6.09. The Balaban J connectivity index is 2.86. The van der Waals surface area contributed by atoms with Gasteiger partial charge in [-0.2, -0.15) is 4.98 Å². The molecule has 0 fully saturated rings. The van der Waals surface area contributed by atoms with Gasteiger partial charge in [0.2, 0.25) is 5.88 Å².